The zero-order valence-corrected chi connectivity index (χ0v) is 14.6. The highest BCUT2D eigenvalue weighted by molar-refractivity contribution is 6.03. The lowest BCUT2D eigenvalue weighted by molar-refractivity contribution is -0.133. The van der Waals surface area contributed by atoms with Crippen LogP contribution in [0.4, 0.5) is 4.39 Å². The van der Waals surface area contributed by atoms with Crippen molar-refractivity contribution in [2.24, 2.45) is 0 Å². The molecule has 1 heterocycles. The number of pyridine rings is 1. The normalized spacial score (nSPS) is 10.6. The Hall–Kier alpha value is -3.48. The number of para-hydroxylation sites is 1. The van der Waals surface area contributed by atoms with Gasteiger partial charge in [0, 0.05) is 30.6 Å². The van der Waals surface area contributed by atoms with Gasteiger partial charge in [-0.1, -0.05) is 30.3 Å². The number of rotatable bonds is 5. The summed E-state index contributed by atoms with van der Waals surface area (Å²) in [7, 11) is 1.53. The van der Waals surface area contributed by atoms with Crippen LogP contribution in [0.25, 0.3) is 10.9 Å². The van der Waals surface area contributed by atoms with Crippen molar-refractivity contribution in [2.45, 2.75) is 6.54 Å². The molecule has 0 saturated heterocycles. The van der Waals surface area contributed by atoms with Gasteiger partial charge in [-0.25, -0.2) is 9.18 Å². The van der Waals surface area contributed by atoms with Crippen molar-refractivity contribution in [3.8, 4) is 0 Å². The highest BCUT2D eigenvalue weighted by Crippen LogP contribution is 2.15. The summed E-state index contributed by atoms with van der Waals surface area (Å²) in [6, 6.07) is 13.9. The molecule has 0 saturated carbocycles. The number of likely N-dealkylation sites (N-methyl/N-ethyl adjacent to an activating group) is 1. The number of halogens is 1. The van der Waals surface area contributed by atoms with E-state index in [1.54, 1.807) is 36.4 Å². The first kappa shape index (κ1) is 18.3. The van der Waals surface area contributed by atoms with Crippen LogP contribution in [0.15, 0.2) is 59.4 Å². The number of aromatic nitrogens is 1. The Morgan fingerprint density at radius 3 is 2.67 bits per heavy atom. The smallest absolute Gasteiger partial charge is 0.339 e. The number of amides is 1. The first-order valence-corrected chi connectivity index (χ1v) is 8.21. The van der Waals surface area contributed by atoms with Crippen molar-refractivity contribution < 1.29 is 18.7 Å². The Balaban J connectivity index is 1.67. The molecule has 0 unspecified atom stereocenters. The third kappa shape index (κ3) is 4.38. The maximum Gasteiger partial charge on any atom is 0.339 e. The van der Waals surface area contributed by atoms with Crippen molar-refractivity contribution in [1.82, 2.24) is 9.88 Å². The summed E-state index contributed by atoms with van der Waals surface area (Å²) in [4.78, 5) is 40.2. The molecule has 6 nitrogen and oxygen atoms in total. The maximum absolute atomic E-state index is 13.2. The molecule has 2 aromatic carbocycles. The molecule has 7 heteroatoms. The number of fused-ring (bicyclic) bond motifs is 1. The molecule has 0 radical (unpaired) electrons. The summed E-state index contributed by atoms with van der Waals surface area (Å²) < 4.78 is 18.3. The Morgan fingerprint density at radius 1 is 1.11 bits per heavy atom. The summed E-state index contributed by atoms with van der Waals surface area (Å²) in [5.74, 6) is -1.59. The number of hydrogen-bond acceptors (Lipinski definition) is 4. The molecule has 0 aliphatic heterocycles. The lowest BCUT2D eigenvalue weighted by Gasteiger charge is -2.17. The summed E-state index contributed by atoms with van der Waals surface area (Å²) in [6.45, 7) is -0.298. The summed E-state index contributed by atoms with van der Waals surface area (Å²) >= 11 is 0. The van der Waals surface area contributed by atoms with E-state index in [0.717, 1.165) is 6.07 Å². The molecule has 0 atom stereocenters. The number of esters is 1. The monoisotopic (exact) mass is 368 g/mol. The molecule has 1 amide bonds. The van der Waals surface area contributed by atoms with Gasteiger partial charge in [0.15, 0.2) is 6.61 Å². The molecule has 0 bridgehead atoms. The number of H-pyrrole nitrogens is 1. The van der Waals surface area contributed by atoms with Crippen molar-refractivity contribution in [1.29, 1.82) is 0 Å². The molecular weight excluding hydrogens is 351 g/mol. The first-order chi connectivity index (χ1) is 12.9. The summed E-state index contributed by atoms with van der Waals surface area (Å²) in [5, 5.41) is 0.530. The maximum atomic E-state index is 13.2. The third-order valence-electron chi connectivity index (χ3n) is 4.03. The highest BCUT2D eigenvalue weighted by Gasteiger charge is 2.17. The summed E-state index contributed by atoms with van der Waals surface area (Å²) in [5.41, 5.74) is 0.786. The van der Waals surface area contributed by atoms with E-state index in [1.165, 1.54) is 24.1 Å². The van der Waals surface area contributed by atoms with Gasteiger partial charge in [0.1, 0.15) is 5.82 Å². The number of carbonyl (C=O) groups is 2. The van der Waals surface area contributed by atoms with Crippen LogP contribution >= 0.6 is 0 Å². The first-order valence-electron chi connectivity index (χ1n) is 8.21. The molecule has 0 aliphatic carbocycles. The van der Waals surface area contributed by atoms with Gasteiger partial charge in [-0.2, -0.15) is 0 Å². The van der Waals surface area contributed by atoms with E-state index in [4.69, 9.17) is 4.74 Å². The zero-order valence-electron chi connectivity index (χ0n) is 14.6. The van der Waals surface area contributed by atoms with Crippen LogP contribution in [-0.2, 0) is 16.1 Å². The lowest BCUT2D eigenvalue weighted by Crippen LogP contribution is -2.31. The second-order valence-electron chi connectivity index (χ2n) is 6.05. The molecule has 0 fully saturated rings. The Labute approximate surface area is 154 Å². The Bertz CT molecular complexity index is 1060. The minimum atomic E-state index is -0.759. The number of nitrogens with one attached hydrogen (secondary N) is 1. The van der Waals surface area contributed by atoms with Crippen molar-refractivity contribution in [3.05, 3.63) is 81.9 Å². The fourth-order valence-electron chi connectivity index (χ4n) is 2.69. The molecule has 0 spiro atoms. The van der Waals surface area contributed by atoms with Gasteiger partial charge in [0.05, 0.1) is 5.56 Å². The van der Waals surface area contributed by atoms with Crippen LogP contribution in [0, 0.1) is 5.82 Å². The van der Waals surface area contributed by atoms with E-state index in [9.17, 15) is 18.8 Å². The fraction of sp³-hybridized carbons (Fsp3) is 0.150. The van der Waals surface area contributed by atoms with Gasteiger partial charge in [-0.3, -0.25) is 9.59 Å². The molecule has 138 valence electrons. The minimum Gasteiger partial charge on any atom is -0.452 e. The van der Waals surface area contributed by atoms with Gasteiger partial charge in [-0.05, 0) is 23.8 Å². The predicted octanol–water partition coefficient (Wildman–Crippen LogP) is 2.48. The molecule has 1 aromatic heterocycles. The number of aromatic amines is 1. The van der Waals surface area contributed by atoms with Gasteiger partial charge < -0.3 is 14.6 Å². The predicted molar refractivity (Wildman–Crippen MR) is 97.7 cm³/mol. The van der Waals surface area contributed by atoms with Gasteiger partial charge in [0.2, 0.25) is 5.56 Å². The highest BCUT2D eigenvalue weighted by atomic mass is 19.1. The van der Waals surface area contributed by atoms with Crippen LogP contribution in [-0.4, -0.2) is 35.4 Å². The van der Waals surface area contributed by atoms with E-state index >= 15 is 0 Å². The molecule has 27 heavy (non-hydrogen) atoms. The van der Waals surface area contributed by atoms with Crippen LogP contribution in [0.5, 0.6) is 0 Å². The number of carbonyl (C=O) groups excluding carboxylic acids is 2. The molecule has 3 aromatic rings. The Morgan fingerprint density at radius 2 is 1.89 bits per heavy atom. The van der Waals surface area contributed by atoms with Gasteiger partial charge >= 0.3 is 5.97 Å². The van der Waals surface area contributed by atoms with Crippen molar-refractivity contribution >= 4 is 22.8 Å². The topological polar surface area (TPSA) is 79.5 Å². The summed E-state index contributed by atoms with van der Waals surface area (Å²) in [6.07, 6.45) is 0. The molecule has 3 rings (SSSR count). The number of benzene rings is 2. The lowest BCUT2D eigenvalue weighted by atomic mass is 10.1. The van der Waals surface area contributed by atoms with Gasteiger partial charge in [0.25, 0.3) is 5.91 Å². The van der Waals surface area contributed by atoms with E-state index < -0.39 is 24.0 Å². The number of ether oxygens (including phenoxy) is 1. The standard InChI is InChI=1S/C20H17FN2O4/c1-23(11-13-5-4-6-14(21)9-13)19(25)12-27-20(26)16-10-18(24)22-17-8-3-2-7-15(16)17/h2-10H,11-12H2,1H3,(H,22,24). The van der Waals surface area contributed by atoms with E-state index in [1.807, 2.05) is 0 Å². The van der Waals surface area contributed by atoms with Crippen LogP contribution < -0.4 is 5.56 Å². The average molecular weight is 368 g/mol. The SMILES string of the molecule is CN(Cc1cccc(F)c1)C(=O)COC(=O)c1cc(=O)[nH]c2ccccc12. The fourth-order valence-corrected chi connectivity index (χ4v) is 2.69. The molecule has 0 aliphatic rings. The quantitative estimate of drug-likeness (QED) is 0.702. The Kier molecular flexibility index (Phi) is 5.30. The zero-order chi connectivity index (χ0) is 19.4. The van der Waals surface area contributed by atoms with E-state index in [2.05, 4.69) is 4.98 Å². The third-order valence-corrected chi connectivity index (χ3v) is 4.03. The second-order valence-corrected chi connectivity index (χ2v) is 6.05. The van der Waals surface area contributed by atoms with Crippen LogP contribution in [0.2, 0.25) is 0 Å². The van der Waals surface area contributed by atoms with E-state index in [-0.39, 0.29) is 17.9 Å². The minimum absolute atomic E-state index is 0.0925. The van der Waals surface area contributed by atoms with E-state index in [0.29, 0.717) is 16.5 Å². The molecule has 1 N–H and O–H groups in total. The van der Waals surface area contributed by atoms with Crippen LogP contribution in [0.1, 0.15) is 15.9 Å². The van der Waals surface area contributed by atoms with Crippen LogP contribution in [0.3, 0.4) is 0 Å². The second kappa shape index (κ2) is 7.82. The largest absolute Gasteiger partial charge is 0.452 e. The van der Waals surface area contributed by atoms with Crippen molar-refractivity contribution in [3.63, 3.8) is 0 Å². The number of hydrogen-bond donors (Lipinski definition) is 1. The number of nitrogens with zero attached hydrogens (tertiary/aromatic N) is 1. The molecular formula is C20H17FN2O4. The van der Waals surface area contributed by atoms with Crippen molar-refractivity contribution in [2.75, 3.05) is 13.7 Å². The average Bonchev–Trinajstić information content (AvgIpc) is 2.65. The van der Waals surface area contributed by atoms with Gasteiger partial charge in [-0.15, -0.1) is 0 Å².